The molecular formula is C12H20NO4P. The molecule has 2 unspecified atom stereocenters. The van der Waals surface area contributed by atoms with Gasteiger partial charge in [0.2, 0.25) is 0 Å². The number of aliphatic hydroxyl groups excluding tert-OH is 1. The van der Waals surface area contributed by atoms with Gasteiger partial charge in [-0.25, -0.2) is 5.09 Å². The zero-order chi connectivity index (χ0) is 13.4. The topological polar surface area (TPSA) is 67.8 Å². The molecule has 0 heterocycles. The molecule has 2 N–H and O–H groups in total. The smallest absolute Gasteiger partial charge is 0.313 e. The van der Waals surface area contributed by atoms with Gasteiger partial charge in [0.05, 0.1) is 6.54 Å². The average Bonchev–Trinajstić information content (AvgIpc) is 2.35. The van der Waals surface area contributed by atoms with Crippen molar-refractivity contribution in [3.8, 4) is 5.75 Å². The summed E-state index contributed by atoms with van der Waals surface area (Å²) >= 11 is 0. The van der Waals surface area contributed by atoms with Crippen LogP contribution in [-0.4, -0.2) is 31.2 Å². The molecule has 0 saturated carbocycles. The fourth-order valence-electron chi connectivity index (χ4n) is 1.27. The van der Waals surface area contributed by atoms with Gasteiger partial charge in [-0.05, 0) is 18.6 Å². The van der Waals surface area contributed by atoms with Crippen molar-refractivity contribution in [1.29, 1.82) is 0 Å². The predicted molar refractivity (Wildman–Crippen MR) is 70.9 cm³/mol. The van der Waals surface area contributed by atoms with E-state index in [1.807, 2.05) is 13.0 Å². The quantitative estimate of drug-likeness (QED) is 0.561. The molecule has 0 spiro atoms. The highest BCUT2D eigenvalue weighted by atomic mass is 31.2. The molecule has 1 rings (SSSR count). The molecule has 1 aromatic carbocycles. The lowest BCUT2D eigenvalue weighted by molar-refractivity contribution is -0.0932. The fraction of sp³-hybridized carbons (Fsp3) is 0.500. The van der Waals surface area contributed by atoms with Gasteiger partial charge in [0.1, 0.15) is 5.75 Å². The van der Waals surface area contributed by atoms with E-state index in [0.29, 0.717) is 12.4 Å². The first kappa shape index (κ1) is 15.2. The molecule has 2 atom stereocenters. The Morgan fingerprint density at radius 1 is 1.39 bits per heavy atom. The summed E-state index contributed by atoms with van der Waals surface area (Å²) in [5.41, 5.74) is 0. The highest BCUT2D eigenvalue weighted by Crippen LogP contribution is 2.38. The first-order valence-corrected chi connectivity index (χ1v) is 7.97. The molecule has 5 nitrogen and oxygen atoms in total. The maximum absolute atomic E-state index is 12.1. The number of ether oxygens (including phenoxy) is 1. The van der Waals surface area contributed by atoms with Gasteiger partial charge >= 0.3 is 7.52 Å². The summed E-state index contributed by atoms with van der Waals surface area (Å²) in [7, 11) is -2.99. The molecule has 6 heteroatoms. The van der Waals surface area contributed by atoms with E-state index >= 15 is 0 Å². The van der Waals surface area contributed by atoms with Crippen LogP contribution in [0.5, 0.6) is 5.75 Å². The van der Waals surface area contributed by atoms with Crippen molar-refractivity contribution in [3.63, 3.8) is 0 Å². The van der Waals surface area contributed by atoms with Crippen molar-refractivity contribution >= 4 is 7.52 Å². The highest BCUT2D eigenvalue weighted by Gasteiger charge is 2.18. The average molecular weight is 273 g/mol. The van der Waals surface area contributed by atoms with Crippen molar-refractivity contribution in [3.05, 3.63) is 30.3 Å². The molecule has 0 aromatic heterocycles. The summed E-state index contributed by atoms with van der Waals surface area (Å²) in [4.78, 5) is 0. The van der Waals surface area contributed by atoms with Crippen LogP contribution in [0.15, 0.2) is 30.3 Å². The molecular weight excluding hydrogens is 253 g/mol. The predicted octanol–water partition coefficient (Wildman–Crippen LogP) is 2.22. The summed E-state index contributed by atoms with van der Waals surface area (Å²) in [6.07, 6.45) is -0.154. The summed E-state index contributed by atoms with van der Waals surface area (Å²) < 4.78 is 22.4. The van der Waals surface area contributed by atoms with E-state index in [9.17, 15) is 9.67 Å². The van der Waals surface area contributed by atoms with Crippen molar-refractivity contribution < 1.29 is 18.9 Å². The maximum Gasteiger partial charge on any atom is 0.313 e. The lowest BCUT2D eigenvalue weighted by Crippen LogP contribution is -2.28. The van der Waals surface area contributed by atoms with Gasteiger partial charge in [-0.2, -0.15) is 0 Å². The number of hydrogen-bond donors (Lipinski definition) is 2. The third-order valence-corrected chi connectivity index (χ3v) is 3.41. The largest absolute Gasteiger partial charge is 0.433 e. The minimum Gasteiger partial charge on any atom is -0.433 e. The Morgan fingerprint density at radius 3 is 2.67 bits per heavy atom. The Labute approximate surface area is 108 Å². The van der Waals surface area contributed by atoms with Crippen molar-refractivity contribution in [2.45, 2.75) is 19.6 Å². The van der Waals surface area contributed by atoms with Crippen LogP contribution in [-0.2, 0) is 9.30 Å². The van der Waals surface area contributed by atoms with Gasteiger partial charge in [0, 0.05) is 13.3 Å². The molecule has 102 valence electrons. The Hall–Kier alpha value is -0.870. The molecule has 1 aromatic rings. The van der Waals surface area contributed by atoms with Gasteiger partial charge in [0.15, 0.2) is 6.29 Å². The third-order valence-electron chi connectivity index (χ3n) is 2.09. The molecule has 0 fully saturated rings. The fourth-order valence-corrected chi connectivity index (χ4v) is 2.35. The minimum atomic E-state index is -2.99. The normalized spacial score (nSPS) is 15.9. The zero-order valence-electron chi connectivity index (χ0n) is 10.7. The molecule has 0 aliphatic rings. The van der Waals surface area contributed by atoms with Crippen molar-refractivity contribution in [2.24, 2.45) is 0 Å². The Balaban J connectivity index is 2.38. The second kappa shape index (κ2) is 7.54. The van der Waals surface area contributed by atoms with Crippen LogP contribution in [0.3, 0.4) is 0 Å². The van der Waals surface area contributed by atoms with E-state index in [0.717, 1.165) is 6.42 Å². The van der Waals surface area contributed by atoms with E-state index in [1.165, 1.54) is 6.66 Å². The third kappa shape index (κ3) is 6.17. The molecule has 0 saturated heterocycles. The van der Waals surface area contributed by atoms with Crippen LogP contribution in [0.25, 0.3) is 0 Å². The van der Waals surface area contributed by atoms with Crippen LogP contribution in [0.2, 0.25) is 0 Å². The second-order valence-electron chi connectivity index (χ2n) is 3.94. The molecule has 18 heavy (non-hydrogen) atoms. The van der Waals surface area contributed by atoms with Crippen molar-refractivity contribution in [1.82, 2.24) is 5.09 Å². The summed E-state index contributed by atoms with van der Waals surface area (Å²) in [6.45, 7) is 3.95. The van der Waals surface area contributed by atoms with E-state index in [4.69, 9.17) is 9.26 Å². The van der Waals surface area contributed by atoms with Crippen LogP contribution < -0.4 is 9.61 Å². The van der Waals surface area contributed by atoms with Crippen molar-refractivity contribution in [2.75, 3.05) is 19.8 Å². The van der Waals surface area contributed by atoms with E-state index in [2.05, 4.69) is 5.09 Å². The van der Waals surface area contributed by atoms with Crippen LogP contribution in [0.4, 0.5) is 0 Å². The van der Waals surface area contributed by atoms with Gasteiger partial charge < -0.3 is 14.4 Å². The zero-order valence-corrected chi connectivity index (χ0v) is 11.6. The lowest BCUT2D eigenvalue weighted by Gasteiger charge is -2.18. The molecule has 0 amide bonds. The monoisotopic (exact) mass is 273 g/mol. The first-order chi connectivity index (χ1) is 8.53. The van der Waals surface area contributed by atoms with Crippen LogP contribution in [0.1, 0.15) is 13.3 Å². The maximum atomic E-state index is 12.1. The standard InChI is InChI=1S/C12H20NO4P/c1-3-9-16-12(14)10-13-18(2,15)17-11-7-5-4-6-8-11/h4-8,12,14H,3,9-10H2,1-2H3,(H,13,15). The molecule has 0 bridgehead atoms. The van der Waals surface area contributed by atoms with Gasteiger partial charge in [-0.1, -0.05) is 25.1 Å². The molecule has 0 radical (unpaired) electrons. The summed E-state index contributed by atoms with van der Waals surface area (Å²) in [5, 5.41) is 12.1. The van der Waals surface area contributed by atoms with Crippen LogP contribution >= 0.6 is 7.52 Å². The number of benzene rings is 1. The Morgan fingerprint density at radius 2 is 2.06 bits per heavy atom. The number of nitrogens with one attached hydrogen (secondary N) is 1. The number of hydrogen-bond acceptors (Lipinski definition) is 4. The van der Waals surface area contributed by atoms with E-state index in [-0.39, 0.29) is 6.54 Å². The summed E-state index contributed by atoms with van der Waals surface area (Å²) in [5.74, 6) is 0.528. The molecule has 0 aliphatic carbocycles. The Kier molecular flexibility index (Phi) is 6.36. The van der Waals surface area contributed by atoms with Gasteiger partial charge in [0.25, 0.3) is 0 Å². The Bertz CT molecular complexity index is 385. The van der Waals surface area contributed by atoms with Gasteiger partial charge in [-0.15, -0.1) is 0 Å². The SMILES string of the molecule is CCCOC(O)CNP(C)(=O)Oc1ccccc1. The lowest BCUT2D eigenvalue weighted by atomic mass is 10.3. The number of aliphatic hydroxyl groups is 1. The first-order valence-electron chi connectivity index (χ1n) is 5.90. The molecule has 0 aliphatic heterocycles. The highest BCUT2D eigenvalue weighted by molar-refractivity contribution is 7.56. The van der Waals surface area contributed by atoms with E-state index < -0.39 is 13.8 Å². The van der Waals surface area contributed by atoms with Gasteiger partial charge in [-0.3, -0.25) is 4.57 Å². The number of para-hydroxylation sites is 1. The van der Waals surface area contributed by atoms with E-state index in [1.54, 1.807) is 24.3 Å². The number of rotatable bonds is 8. The summed E-state index contributed by atoms with van der Waals surface area (Å²) in [6, 6.07) is 8.90. The van der Waals surface area contributed by atoms with Crippen LogP contribution in [0, 0.1) is 0 Å². The second-order valence-corrected chi connectivity index (χ2v) is 6.13. The minimum absolute atomic E-state index is 0.0701.